The van der Waals surface area contributed by atoms with E-state index in [0.29, 0.717) is 10.9 Å². The van der Waals surface area contributed by atoms with Crippen LogP contribution in [0.25, 0.3) is 5.69 Å². The maximum Gasteiger partial charge on any atom is 0.109 e. The SMILES string of the molecule is OC(CBr)C(O)c1cnn(-c2ccccc2)c1. The number of hydrogen-bond donors (Lipinski definition) is 2. The van der Waals surface area contributed by atoms with Crippen molar-refractivity contribution < 1.29 is 10.2 Å². The number of alkyl halides is 1. The topological polar surface area (TPSA) is 58.3 Å². The van der Waals surface area contributed by atoms with Gasteiger partial charge in [0.1, 0.15) is 6.10 Å². The zero-order chi connectivity index (χ0) is 12.3. The van der Waals surface area contributed by atoms with E-state index in [2.05, 4.69) is 21.0 Å². The van der Waals surface area contributed by atoms with Crippen molar-refractivity contribution in [3.8, 4) is 5.69 Å². The first-order valence-electron chi connectivity index (χ1n) is 5.24. The van der Waals surface area contributed by atoms with E-state index in [-0.39, 0.29) is 0 Å². The highest BCUT2D eigenvalue weighted by Gasteiger charge is 2.18. The fourth-order valence-corrected chi connectivity index (χ4v) is 1.87. The van der Waals surface area contributed by atoms with Crippen LogP contribution in [0.5, 0.6) is 0 Å². The van der Waals surface area contributed by atoms with Gasteiger partial charge in [-0.05, 0) is 12.1 Å². The molecule has 1 heterocycles. The third kappa shape index (κ3) is 2.74. The smallest absolute Gasteiger partial charge is 0.109 e. The Hall–Kier alpha value is -1.17. The molecule has 17 heavy (non-hydrogen) atoms. The van der Waals surface area contributed by atoms with E-state index in [4.69, 9.17) is 0 Å². The third-order valence-electron chi connectivity index (χ3n) is 2.49. The van der Waals surface area contributed by atoms with Crippen molar-refractivity contribution >= 4 is 15.9 Å². The molecule has 0 aliphatic heterocycles. The van der Waals surface area contributed by atoms with Gasteiger partial charge in [-0.3, -0.25) is 0 Å². The monoisotopic (exact) mass is 296 g/mol. The van der Waals surface area contributed by atoms with Crippen LogP contribution in [0.1, 0.15) is 11.7 Å². The van der Waals surface area contributed by atoms with Crippen LogP contribution in [0, 0.1) is 0 Å². The van der Waals surface area contributed by atoms with Crippen molar-refractivity contribution in [2.45, 2.75) is 12.2 Å². The summed E-state index contributed by atoms with van der Waals surface area (Å²) in [6.07, 6.45) is 1.52. The molecule has 2 aromatic rings. The molecule has 0 saturated carbocycles. The van der Waals surface area contributed by atoms with Crippen molar-refractivity contribution in [3.05, 3.63) is 48.3 Å². The number of rotatable bonds is 4. The summed E-state index contributed by atoms with van der Waals surface area (Å²) in [7, 11) is 0. The number of benzene rings is 1. The lowest BCUT2D eigenvalue weighted by Gasteiger charge is -2.13. The average Bonchev–Trinajstić information content (AvgIpc) is 2.87. The number of halogens is 1. The summed E-state index contributed by atoms with van der Waals surface area (Å²) in [4.78, 5) is 0. The summed E-state index contributed by atoms with van der Waals surface area (Å²) in [6.45, 7) is 0. The van der Waals surface area contributed by atoms with Gasteiger partial charge in [0.05, 0.1) is 18.0 Å². The van der Waals surface area contributed by atoms with Gasteiger partial charge in [0.25, 0.3) is 0 Å². The van der Waals surface area contributed by atoms with E-state index in [0.717, 1.165) is 5.69 Å². The van der Waals surface area contributed by atoms with Crippen LogP contribution < -0.4 is 0 Å². The molecule has 90 valence electrons. The maximum atomic E-state index is 9.82. The lowest BCUT2D eigenvalue weighted by Crippen LogP contribution is -2.18. The summed E-state index contributed by atoms with van der Waals surface area (Å²) in [5, 5.41) is 23.8. The quantitative estimate of drug-likeness (QED) is 0.844. The summed E-state index contributed by atoms with van der Waals surface area (Å²) in [5.74, 6) is 0. The van der Waals surface area contributed by atoms with E-state index in [1.165, 1.54) is 0 Å². The minimum Gasteiger partial charge on any atom is -0.389 e. The van der Waals surface area contributed by atoms with Crippen molar-refractivity contribution in [3.63, 3.8) is 0 Å². The van der Waals surface area contributed by atoms with Crippen LogP contribution >= 0.6 is 15.9 Å². The summed E-state index contributed by atoms with van der Waals surface area (Å²) >= 11 is 3.13. The predicted molar refractivity (Wildman–Crippen MR) is 68.3 cm³/mol. The highest BCUT2D eigenvalue weighted by atomic mass is 79.9. The lowest BCUT2D eigenvalue weighted by atomic mass is 10.1. The van der Waals surface area contributed by atoms with E-state index >= 15 is 0 Å². The maximum absolute atomic E-state index is 9.82. The Morgan fingerprint density at radius 2 is 1.94 bits per heavy atom. The Balaban J connectivity index is 2.22. The van der Waals surface area contributed by atoms with Gasteiger partial charge >= 0.3 is 0 Å². The minimum atomic E-state index is -0.924. The Morgan fingerprint density at radius 1 is 1.24 bits per heavy atom. The molecule has 2 rings (SSSR count). The van der Waals surface area contributed by atoms with Crippen molar-refractivity contribution in [2.75, 3.05) is 5.33 Å². The molecule has 0 bridgehead atoms. The number of aliphatic hydroxyl groups excluding tert-OH is 2. The molecule has 2 N–H and O–H groups in total. The van der Waals surface area contributed by atoms with Gasteiger partial charge in [-0.25, -0.2) is 4.68 Å². The molecule has 1 aromatic carbocycles. The van der Waals surface area contributed by atoms with Crippen LogP contribution in [-0.4, -0.2) is 31.4 Å². The van der Waals surface area contributed by atoms with Crippen molar-refractivity contribution in [1.82, 2.24) is 9.78 Å². The molecule has 1 aromatic heterocycles. The Morgan fingerprint density at radius 3 is 2.59 bits per heavy atom. The molecule has 0 amide bonds. The van der Waals surface area contributed by atoms with E-state index < -0.39 is 12.2 Å². The average molecular weight is 297 g/mol. The molecule has 2 atom stereocenters. The number of aliphatic hydroxyl groups is 2. The second kappa shape index (κ2) is 5.44. The van der Waals surface area contributed by atoms with Gasteiger partial charge in [0.15, 0.2) is 0 Å². The number of para-hydroxylation sites is 1. The predicted octanol–water partition coefficient (Wildman–Crippen LogP) is 1.66. The first kappa shape index (κ1) is 12.3. The Labute approximate surface area is 108 Å². The second-order valence-corrected chi connectivity index (χ2v) is 4.37. The van der Waals surface area contributed by atoms with Crippen LogP contribution in [0.15, 0.2) is 42.7 Å². The van der Waals surface area contributed by atoms with E-state index in [9.17, 15) is 10.2 Å². The van der Waals surface area contributed by atoms with Crippen molar-refractivity contribution in [1.29, 1.82) is 0 Å². The van der Waals surface area contributed by atoms with Crippen LogP contribution in [0.4, 0.5) is 0 Å². The molecule has 4 nitrogen and oxygen atoms in total. The molecule has 0 fully saturated rings. The number of aromatic nitrogens is 2. The standard InChI is InChI=1S/C12H13BrN2O2/c13-6-11(16)12(17)9-7-14-15(8-9)10-4-2-1-3-5-10/h1-5,7-8,11-12,16-17H,6H2. The fraction of sp³-hybridized carbons (Fsp3) is 0.250. The zero-order valence-corrected chi connectivity index (χ0v) is 10.7. The van der Waals surface area contributed by atoms with Gasteiger partial charge < -0.3 is 10.2 Å². The lowest BCUT2D eigenvalue weighted by molar-refractivity contribution is 0.0342. The third-order valence-corrected chi connectivity index (χ3v) is 3.15. The molecule has 0 spiro atoms. The fourth-order valence-electron chi connectivity index (χ4n) is 1.52. The highest BCUT2D eigenvalue weighted by Crippen LogP contribution is 2.18. The molecule has 5 heteroatoms. The Kier molecular flexibility index (Phi) is 3.93. The van der Waals surface area contributed by atoms with Crippen molar-refractivity contribution in [2.24, 2.45) is 0 Å². The van der Waals surface area contributed by atoms with E-state index in [1.54, 1.807) is 17.1 Å². The van der Waals surface area contributed by atoms with Gasteiger partial charge in [0, 0.05) is 17.1 Å². The van der Waals surface area contributed by atoms with Gasteiger partial charge in [-0.15, -0.1) is 0 Å². The highest BCUT2D eigenvalue weighted by molar-refractivity contribution is 9.09. The largest absolute Gasteiger partial charge is 0.389 e. The summed E-state index contributed by atoms with van der Waals surface area (Å²) in [5.41, 5.74) is 1.51. The second-order valence-electron chi connectivity index (χ2n) is 3.72. The first-order chi connectivity index (χ1) is 8.22. The Bertz CT molecular complexity index is 472. The summed E-state index contributed by atoms with van der Waals surface area (Å²) in [6, 6.07) is 9.60. The van der Waals surface area contributed by atoms with Gasteiger partial charge in [-0.1, -0.05) is 34.1 Å². The molecular weight excluding hydrogens is 284 g/mol. The normalized spacial score (nSPS) is 14.5. The summed E-state index contributed by atoms with van der Waals surface area (Å²) < 4.78 is 1.67. The van der Waals surface area contributed by atoms with Gasteiger partial charge in [0.2, 0.25) is 0 Å². The van der Waals surface area contributed by atoms with Crippen LogP contribution in [-0.2, 0) is 0 Å². The molecule has 0 aliphatic rings. The number of hydrogen-bond acceptors (Lipinski definition) is 3. The van der Waals surface area contributed by atoms with E-state index in [1.807, 2.05) is 30.3 Å². The molecule has 2 unspecified atom stereocenters. The van der Waals surface area contributed by atoms with Crippen LogP contribution in [0.2, 0.25) is 0 Å². The minimum absolute atomic E-state index is 0.324. The molecule has 0 aliphatic carbocycles. The zero-order valence-electron chi connectivity index (χ0n) is 9.07. The first-order valence-corrected chi connectivity index (χ1v) is 6.36. The van der Waals surface area contributed by atoms with Crippen LogP contribution in [0.3, 0.4) is 0 Å². The molecule has 0 radical (unpaired) electrons. The molecule has 0 saturated heterocycles. The number of nitrogens with zero attached hydrogens (tertiary/aromatic N) is 2. The van der Waals surface area contributed by atoms with Gasteiger partial charge in [-0.2, -0.15) is 5.10 Å². The molecular formula is C12H13BrN2O2.